The van der Waals surface area contributed by atoms with Crippen LogP contribution in [0.4, 0.5) is 18.0 Å². The number of rotatable bonds is 3. The van der Waals surface area contributed by atoms with E-state index in [2.05, 4.69) is 29.2 Å². The van der Waals surface area contributed by atoms with E-state index in [-0.39, 0.29) is 30.3 Å². The summed E-state index contributed by atoms with van der Waals surface area (Å²) >= 11 is 0. The zero-order valence-corrected chi connectivity index (χ0v) is 18.8. The number of hydrogen-bond donors (Lipinski definition) is 0. The highest BCUT2D eigenvalue weighted by molar-refractivity contribution is 5.79. The lowest BCUT2D eigenvalue weighted by Crippen LogP contribution is -2.43. The minimum Gasteiger partial charge on any atom is -0.448 e. The topological polar surface area (TPSA) is 42.4 Å². The number of aromatic nitrogens is 1. The summed E-state index contributed by atoms with van der Waals surface area (Å²) in [5, 5.41) is 0. The Morgan fingerprint density at radius 2 is 1.66 bits per heavy atom. The summed E-state index contributed by atoms with van der Waals surface area (Å²) in [7, 11) is 0. The maximum atomic E-state index is 13.5. The second-order valence-electron chi connectivity index (χ2n) is 9.30. The van der Waals surface area contributed by atoms with E-state index in [0.717, 1.165) is 34.7 Å². The molecule has 2 unspecified atom stereocenters. The highest BCUT2D eigenvalue weighted by Crippen LogP contribution is 2.45. The third-order valence-electron chi connectivity index (χ3n) is 7.36. The zero-order valence-electron chi connectivity index (χ0n) is 18.8. The Hall–Kier alpha value is -3.61. The van der Waals surface area contributed by atoms with Crippen LogP contribution in [0.15, 0.2) is 72.9 Å². The first-order chi connectivity index (χ1) is 16.9. The molecular formula is C28H23F3N2O2. The second kappa shape index (κ2) is 8.26. The van der Waals surface area contributed by atoms with Gasteiger partial charge in [-0.1, -0.05) is 54.6 Å². The van der Waals surface area contributed by atoms with Gasteiger partial charge in [0.25, 0.3) is 0 Å². The van der Waals surface area contributed by atoms with Crippen molar-refractivity contribution in [3.8, 4) is 11.1 Å². The van der Waals surface area contributed by atoms with E-state index in [0.29, 0.717) is 18.4 Å². The van der Waals surface area contributed by atoms with Gasteiger partial charge in [-0.3, -0.25) is 9.88 Å². The van der Waals surface area contributed by atoms with E-state index in [1.807, 2.05) is 24.3 Å². The number of alkyl halides is 3. The molecular weight excluding hydrogens is 453 g/mol. The van der Waals surface area contributed by atoms with Crippen molar-refractivity contribution in [3.05, 3.63) is 95.3 Å². The molecule has 0 saturated carbocycles. The molecule has 3 aliphatic rings. The molecule has 1 amide bonds. The summed E-state index contributed by atoms with van der Waals surface area (Å²) in [5.41, 5.74) is 4.37. The van der Waals surface area contributed by atoms with Crippen LogP contribution < -0.4 is 0 Å². The summed E-state index contributed by atoms with van der Waals surface area (Å²) in [6, 6.07) is 18.2. The summed E-state index contributed by atoms with van der Waals surface area (Å²) in [5.74, 6) is -0.0391. The van der Waals surface area contributed by atoms with E-state index in [1.165, 1.54) is 12.3 Å². The number of ether oxygens (including phenoxy) is 1. The average molecular weight is 476 g/mol. The Bertz CT molecular complexity index is 1290. The third-order valence-corrected chi connectivity index (χ3v) is 7.36. The van der Waals surface area contributed by atoms with Gasteiger partial charge in [0.1, 0.15) is 6.61 Å². The van der Waals surface area contributed by atoms with Crippen LogP contribution >= 0.6 is 0 Å². The van der Waals surface area contributed by atoms with E-state index in [1.54, 1.807) is 11.0 Å². The Balaban J connectivity index is 1.22. The molecule has 3 heterocycles. The molecule has 178 valence electrons. The fourth-order valence-electron chi connectivity index (χ4n) is 5.85. The first kappa shape index (κ1) is 21.9. The van der Waals surface area contributed by atoms with Crippen molar-refractivity contribution in [2.45, 2.75) is 43.4 Å². The van der Waals surface area contributed by atoms with Crippen LogP contribution in [-0.2, 0) is 10.9 Å². The number of pyridine rings is 1. The number of carbonyl (C=O) groups is 1. The van der Waals surface area contributed by atoms with Gasteiger partial charge < -0.3 is 4.74 Å². The number of halogens is 3. The first-order valence-electron chi connectivity index (χ1n) is 11.8. The number of fused-ring (bicyclic) bond motifs is 5. The molecule has 0 N–H and O–H groups in total. The van der Waals surface area contributed by atoms with E-state index in [4.69, 9.17) is 4.74 Å². The quantitative estimate of drug-likeness (QED) is 0.424. The molecule has 1 aromatic heterocycles. The molecule has 7 heteroatoms. The Kier molecular flexibility index (Phi) is 5.16. The van der Waals surface area contributed by atoms with Gasteiger partial charge in [-0.05, 0) is 59.2 Å². The predicted octanol–water partition coefficient (Wildman–Crippen LogP) is 6.67. The van der Waals surface area contributed by atoms with Crippen LogP contribution in [0.3, 0.4) is 0 Å². The van der Waals surface area contributed by atoms with Gasteiger partial charge in [0.15, 0.2) is 0 Å². The second-order valence-corrected chi connectivity index (χ2v) is 9.30. The summed E-state index contributed by atoms with van der Waals surface area (Å²) < 4.78 is 46.4. The SMILES string of the molecule is O=C(OCC1c2ccccc2-c2ccccc21)N1C2C=C(c3ncccc3C(F)(F)F)CC1CC2. The van der Waals surface area contributed by atoms with E-state index >= 15 is 0 Å². The lowest BCUT2D eigenvalue weighted by atomic mass is 9.95. The number of hydrogen-bond acceptors (Lipinski definition) is 3. The molecule has 2 aromatic carbocycles. The van der Waals surface area contributed by atoms with Gasteiger partial charge in [-0.15, -0.1) is 0 Å². The van der Waals surface area contributed by atoms with Crippen LogP contribution in [0, 0.1) is 0 Å². The zero-order chi connectivity index (χ0) is 24.2. The number of carbonyl (C=O) groups excluding carboxylic acids is 1. The lowest BCUT2D eigenvalue weighted by molar-refractivity contribution is -0.138. The van der Waals surface area contributed by atoms with E-state index < -0.39 is 17.8 Å². The molecule has 1 saturated heterocycles. The van der Waals surface area contributed by atoms with Crippen molar-refractivity contribution in [1.82, 2.24) is 9.88 Å². The monoisotopic (exact) mass is 476 g/mol. The molecule has 35 heavy (non-hydrogen) atoms. The number of nitrogens with zero attached hydrogens (tertiary/aromatic N) is 2. The molecule has 1 fully saturated rings. The van der Waals surface area contributed by atoms with Gasteiger partial charge in [0.2, 0.25) is 0 Å². The molecule has 0 radical (unpaired) electrons. The standard InChI is InChI=1S/C28H23F3N2O2/c29-28(30,31)25-10-5-13-32-26(25)17-14-18-11-12-19(15-17)33(18)27(34)35-16-24-22-8-3-1-6-20(22)21-7-2-4-9-23(21)24/h1-10,13-14,18-19,24H,11-12,15-16H2. The first-order valence-corrected chi connectivity index (χ1v) is 11.8. The van der Waals surface area contributed by atoms with Crippen LogP contribution in [0.5, 0.6) is 0 Å². The fourth-order valence-corrected chi connectivity index (χ4v) is 5.85. The van der Waals surface area contributed by atoms with Gasteiger partial charge >= 0.3 is 12.3 Å². The lowest BCUT2D eigenvalue weighted by Gasteiger charge is -2.33. The molecule has 3 aromatic rings. The number of amides is 1. The summed E-state index contributed by atoms with van der Waals surface area (Å²) in [4.78, 5) is 18.9. The fraction of sp³-hybridized carbons (Fsp3) is 0.286. The van der Waals surface area contributed by atoms with Crippen LogP contribution in [-0.4, -0.2) is 34.7 Å². The van der Waals surface area contributed by atoms with Crippen molar-refractivity contribution in [3.63, 3.8) is 0 Å². The van der Waals surface area contributed by atoms with Gasteiger partial charge in [0, 0.05) is 18.2 Å². The maximum Gasteiger partial charge on any atom is 0.418 e. The smallest absolute Gasteiger partial charge is 0.418 e. The summed E-state index contributed by atoms with van der Waals surface area (Å²) in [6.45, 7) is 0.220. The minimum atomic E-state index is -4.48. The van der Waals surface area contributed by atoms with Crippen molar-refractivity contribution in [1.29, 1.82) is 0 Å². The van der Waals surface area contributed by atoms with Crippen LogP contribution in [0.2, 0.25) is 0 Å². The number of benzene rings is 2. The van der Waals surface area contributed by atoms with Crippen LogP contribution in [0.25, 0.3) is 16.7 Å². The maximum absolute atomic E-state index is 13.5. The van der Waals surface area contributed by atoms with Crippen molar-refractivity contribution < 1.29 is 22.7 Å². The molecule has 4 nitrogen and oxygen atoms in total. The molecule has 2 atom stereocenters. The molecule has 2 bridgehead atoms. The van der Waals surface area contributed by atoms with Crippen molar-refractivity contribution >= 4 is 11.7 Å². The molecule has 6 rings (SSSR count). The van der Waals surface area contributed by atoms with Crippen molar-refractivity contribution in [2.75, 3.05) is 6.61 Å². The highest BCUT2D eigenvalue weighted by atomic mass is 19.4. The average Bonchev–Trinajstić information content (AvgIpc) is 3.32. The minimum absolute atomic E-state index is 0.0379. The molecule has 0 spiro atoms. The predicted molar refractivity (Wildman–Crippen MR) is 126 cm³/mol. The van der Waals surface area contributed by atoms with Gasteiger partial charge in [0.05, 0.1) is 17.3 Å². The summed E-state index contributed by atoms with van der Waals surface area (Å²) in [6.07, 6.45) is 0.0177. The molecule has 1 aliphatic carbocycles. The van der Waals surface area contributed by atoms with E-state index in [9.17, 15) is 18.0 Å². The Labute approximate surface area is 201 Å². The third kappa shape index (κ3) is 3.70. The Morgan fingerprint density at radius 1 is 0.971 bits per heavy atom. The largest absolute Gasteiger partial charge is 0.448 e. The van der Waals surface area contributed by atoms with Gasteiger partial charge in [-0.2, -0.15) is 13.2 Å². The highest BCUT2D eigenvalue weighted by Gasteiger charge is 2.43. The normalized spacial score (nSPS) is 20.9. The molecule has 2 aliphatic heterocycles. The van der Waals surface area contributed by atoms with Crippen molar-refractivity contribution in [2.24, 2.45) is 0 Å². The van der Waals surface area contributed by atoms with Gasteiger partial charge in [-0.25, -0.2) is 4.79 Å². The van der Waals surface area contributed by atoms with Crippen LogP contribution in [0.1, 0.15) is 47.6 Å². The Morgan fingerprint density at radius 3 is 2.31 bits per heavy atom.